The van der Waals surface area contributed by atoms with Crippen LogP contribution in [0.2, 0.25) is 0 Å². The third kappa shape index (κ3) is 50.4. The van der Waals surface area contributed by atoms with Crippen LogP contribution in [0.5, 0.6) is 0 Å². The molecule has 2 saturated heterocycles. The fraction of sp³-hybridized carbons (Fsp3) is 0.893. The Morgan fingerprint density at radius 1 is 0.367 bits per heavy atom. The summed E-state index contributed by atoms with van der Waals surface area (Å²) >= 11 is 0. The topological polar surface area (TPSA) is 228 Å². The van der Waals surface area contributed by atoms with Crippen molar-refractivity contribution in [3.05, 3.63) is 48.6 Å². The van der Waals surface area contributed by atoms with Gasteiger partial charge in [0.05, 0.1) is 32.0 Å². The van der Waals surface area contributed by atoms with Crippen LogP contribution in [0.15, 0.2) is 48.6 Å². The van der Waals surface area contributed by atoms with E-state index in [0.29, 0.717) is 6.42 Å². The largest absolute Gasteiger partial charge is 0.394 e. The third-order valence-corrected chi connectivity index (χ3v) is 20.5. The Kier molecular flexibility index (Phi) is 63.9. The number of hydrogen-bond acceptors (Lipinski definition) is 13. The van der Waals surface area contributed by atoms with Crippen LogP contribution in [0.1, 0.15) is 386 Å². The monoisotopic (exact) mass is 1390 g/mol. The van der Waals surface area contributed by atoms with E-state index >= 15 is 0 Å². The number of aliphatic hydroxyl groups is 8. The molecular formula is C84H157NO13. The Bertz CT molecular complexity index is 1830. The van der Waals surface area contributed by atoms with Gasteiger partial charge in [0, 0.05) is 6.42 Å². The van der Waals surface area contributed by atoms with E-state index in [9.17, 15) is 45.6 Å². The SMILES string of the molecule is CCCCCCC/C=C\C/C=C\C/C=C\CCCCCCCCCCCCCCCCCCCCCCCCCCC(=O)NC(COC1OC(CO)C(OC2OC(CO)C(O)C(O)C2O)C(O)C1O)C(O)/C=C/CCCCCCCCCCCCCCCCCCCCCCCCC. The maximum absolute atomic E-state index is 13.4. The maximum atomic E-state index is 13.4. The van der Waals surface area contributed by atoms with Crippen LogP contribution in [0.25, 0.3) is 0 Å². The van der Waals surface area contributed by atoms with E-state index in [1.165, 1.54) is 308 Å². The normalized spacial score (nSPS) is 22.2. The maximum Gasteiger partial charge on any atom is 0.220 e. The van der Waals surface area contributed by atoms with Crippen molar-refractivity contribution in [3.8, 4) is 0 Å². The Hall–Kier alpha value is -2.05. The molecule has 0 bridgehead atoms. The average molecular weight is 1390 g/mol. The van der Waals surface area contributed by atoms with Gasteiger partial charge in [-0.05, 0) is 57.8 Å². The molecule has 12 atom stereocenters. The molecule has 0 spiro atoms. The van der Waals surface area contributed by atoms with Crippen molar-refractivity contribution in [2.24, 2.45) is 0 Å². The van der Waals surface area contributed by atoms with E-state index < -0.39 is 86.8 Å². The van der Waals surface area contributed by atoms with Gasteiger partial charge < -0.3 is 65.1 Å². The summed E-state index contributed by atoms with van der Waals surface area (Å²) in [5.74, 6) is -0.231. The smallest absolute Gasteiger partial charge is 0.220 e. The molecule has 0 aromatic heterocycles. The first-order valence-electron chi connectivity index (χ1n) is 41.9. The Labute approximate surface area is 601 Å². The predicted octanol–water partition coefficient (Wildman–Crippen LogP) is 19.4. The Morgan fingerprint density at radius 2 is 0.673 bits per heavy atom. The van der Waals surface area contributed by atoms with Crippen molar-refractivity contribution in [1.82, 2.24) is 5.32 Å². The van der Waals surface area contributed by atoms with Gasteiger partial charge in [0.15, 0.2) is 12.6 Å². The van der Waals surface area contributed by atoms with Gasteiger partial charge in [-0.15, -0.1) is 0 Å². The van der Waals surface area contributed by atoms with E-state index in [0.717, 1.165) is 51.4 Å². The highest BCUT2D eigenvalue weighted by molar-refractivity contribution is 5.76. The standard InChI is InChI=1S/C84H157NO13/c1-3-5-7-9-11-13-15-17-19-21-23-25-27-29-30-31-32-33-34-35-36-37-38-39-40-41-42-44-46-48-50-52-54-56-58-60-62-64-66-68-76(89)85-72(71-95-83-81(94)79(92)82(75(70-87)97-83)98-84-80(93)78(91)77(90)74(69-86)96-84)73(88)67-65-63-61-59-57-55-53-51-49-47-45-43-28-26-24-22-20-18-16-14-12-10-8-6-4-2/h15,17,21,23,27,29,65,67,72-75,77-84,86-88,90-94H,3-14,16,18-20,22,24-26,28,30-64,66,68-71H2,1-2H3,(H,85,89)/b17-15-,23-21-,29-27-,67-65+. The zero-order chi connectivity index (χ0) is 70.8. The molecule has 2 heterocycles. The lowest BCUT2D eigenvalue weighted by atomic mass is 9.97. The quantitative estimate of drug-likeness (QED) is 0.0204. The minimum absolute atomic E-state index is 0.231. The highest BCUT2D eigenvalue weighted by Crippen LogP contribution is 2.30. The van der Waals surface area contributed by atoms with Crippen LogP contribution in [0.3, 0.4) is 0 Å². The minimum Gasteiger partial charge on any atom is -0.394 e. The molecule has 14 nitrogen and oxygen atoms in total. The second kappa shape index (κ2) is 68.1. The first-order chi connectivity index (χ1) is 48.1. The van der Waals surface area contributed by atoms with Crippen molar-refractivity contribution in [1.29, 1.82) is 0 Å². The van der Waals surface area contributed by atoms with Gasteiger partial charge in [-0.1, -0.05) is 371 Å². The number of carbonyl (C=O) groups is 1. The van der Waals surface area contributed by atoms with Crippen LogP contribution in [-0.2, 0) is 23.7 Å². The average Bonchev–Trinajstić information content (AvgIpc) is 0.793. The van der Waals surface area contributed by atoms with Gasteiger partial charge in [0.2, 0.25) is 5.91 Å². The molecule has 1 amide bonds. The number of ether oxygens (including phenoxy) is 4. The molecule has 0 saturated carbocycles. The molecule has 0 aliphatic carbocycles. The zero-order valence-electron chi connectivity index (χ0n) is 63.3. The highest BCUT2D eigenvalue weighted by atomic mass is 16.7. The lowest BCUT2D eigenvalue weighted by Gasteiger charge is -2.46. The lowest BCUT2D eigenvalue weighted by Crippen LogP contribution is -2.65. The van der Waals surface area contributed by atoms with Gasteiger partial charge in [0.25, 0.3) is 0 Å². The highest BCUT2D eigenvalue weighted by Gasteiger charge is 2.51. The van der Waals surface area contributed by atoms with Crippen molar-refractivity contribution >= 4 is 5.91 Å². The molecule has 2 aliphatic rings. The molecule has 0 radical (unpaired) electrons. The number of aliphatic hydroxyl groups excluding tert-OH is 8. The molecule has 2 fully saturated rings. The van der Waals surface area contributed by atoms with Crippen LogP contribution < -0.4 is 5.32 Å². The van der Waals surface area contributed by atoms with Crippen LogP contribution in [-0.4, -0.2) is 140 Å². The summed E-state index contributed by atoms with van der Waals surface area (Å²) in [7, 11) is 0. The Balaban J connectivity index is 1.57. The van der Waals surface area contributed by atoms with Crippen LogP contribution in [0.4, 0.5) is 0 Å². The first-order valence-corrected chi connectivity index (χ1v) is 41.9. The number of unbranched alkanes of at least 4 members (excludes halogenated alkanes) is 52. The van der Waals surface area contributed by atoms with Crippen LogP contribution in [0, 0.1) is 0 Å². The Morgan fingerprint density at radius 3 is 1.03 bits per heavy atom. The summed E-state index contributed by atoms with van der Waals surface area (Å²) in [5, 5.41) is 87.7. The second-order valence-electron chi connectivity index (χ2n) is 29.6. The molecule has 14 heteroatoms. The molecule has 2 aliphatic heterocycles. The molecule has 576 valence electrons. The predicted molar refractivity (Wildman–Crippen MR) is 406 cm³/mol. The van der Waals surface area contributed by atoms with Crippen molar-refractivity contribution in [3.63, 3.8) is 0 Å². The third-order valence-electron chi connectivity index (χ3n) is 20.5. The fourth-order valence-corrected chi connectivity index (χ4v) is 13.9. The van der Waals surface area contributed by atoms with Gasteiger partial charge in [-0.25, -0.2) is 0 Å². The number of nitrogens with one attached hydrogen (secondary N) is 1. The molecule has 0 aromatic carbocycles. The molecule has 12 unspecified atom stereocenters. The van der Waals surface area contributed by atoms with Crippen molar-refractivity contribution in [2.45, 2.75) is 460 Å². The molecule has 98 heavy (non-hydrogen) atoms. The van der Waals surface area contributed by atoms with E-state index in [-0.39, 0.29) is 18.9 Å². The van der Waals surface area contributed by atoms with Crippen molar-refractivity contribution < 1.29 is 64.6 Å². The second-order valence-corrected chi connectivity index (χ2v) is 29.6. The number of allylic oxidation sites excluding steroid dienone is 7. The summed E-state index contributed by atoms with van der Waals surface area (Å²) in [6.45, 7) is 2.85. The van der Waals surface area contributed by atoms with E-state index in [1.807, 2.05) is 6.08 Å². The van der Waals surface area contributed by atoms with E-state index in [2.05, 4.69) is 55.6 Å². The summed E-state index contributed by atoms with van der Waals surface area (Å²) in [6, 6.07) is -0.915. The summed E-state index contributed by atoms with van der Waals surface area (Å²) < 4.78 is 22.9. The number of carbonyl (C=O) groups excluding carboxylic acids is 1. The summed E-state index contributed by atoms with van der Waals surface area (Å²) in [4.78, 5) is 13.4. The summed E-state index contributed by atoms with van der Waals surface area (Å²) in [6.07, 6.45) is 74.9. The molecule has 0 aromatic rings. The fourth-order valence-electron chi connectivity index (χ4n) is 13.9. The molecular weight excluding hydrogens is 1230 g/mol. The lowest BCUT2D eigenvalue weighted by molar-refractivity contribution is -0.359. The zero-order valence-corrected chi connectivity index (χ0v) is 63.3. The number of amides is 1. The van der Waals surface area contributed by atoms with Gasteiger partial charge in [-0.3, -0.25) is 4.79 Å². The summed E-state index contributed by atoms with van der Waals surface area (Å²) in [5.41, 5.74) is 0. The van der Waals surface area contributed by atoms with Gasteiger partial charge in [-0.2, -0.15) is 0 Å². The number of hydrogen-bond donors (Lipinski definition) is 9. The minimum atomic E-state index is -1.79. The van der Waals surface area contributed by atoms with E-state index in [4.69, 9.17) is 18.9 Å². The first kappa shape index (κ1) is 92.0. The van der Waals surface area contributed by atoms with Crippen LogP contribution >= 0.6 is 0 Å². The molecule has 9 N–H and O–H groups in total. The van der Waals surface area contributed by atoms with Gasteiger partial charge >= 0.3 is 0 Å². The van der Waals surface area contributed by atoms with Gasteiger partial charge in [0.1, 0.15) is 48.8 Å². The van der Waals surface area contributed by atoms with E-state index in [1.54, 1.807) is 6.08 Å². The van der Waals surface area contributed by atoms with Crippen molar-refractivity contribution in [2.75, 3.05) is 19.8 Å². The molecule has 2 rings (SSSR count). The number of rotatable bonds is 71.